The van der Waals surface area contributed by atoms with E-state index >= 15 is 0 Å². The summed E-state index contributed by atoms with van der Waals surface area (Å²) in [6, 6.07) is 10.00. The van der Waals surface area contributed by atoms with Crippen molar-refractivity contribution in [1.82, 2.24) is 10.2 Å². The highest BCUT2D eigenvalue weighted by Gasteiger charge is 2.06. The van der Waals surface area contributed by atoms with Crippen molar-refractivity contribution < 1.29 is 9.47 Å². The van der Waals surface area contributed by atoms with Crippen molar-refractivity contribution in [3.63, 3.8) is 0 Å². The summed E-state index contributed by atoms with van der Waals surface area (Å²) in [6.07, 6.45) is 1.75. The van der Waals surface area contributed by atoms with Crippen LogP contribution < -0.4 is 10.1 Å². The average molecular weight is 261 g/mol. The summed E-state index contributed by atoms with van der Waals surface area (Å²) in [5, 5.41) is 10.3. The first-order chi connectivity index (χ1) is 9.29. The highest BCUT2D eigenvalue weighted by Crippen LogP contribution is 2.21. The summed E-state index contributed by atoms with van der Waals surface area (Å²) in [5.41, 5.74) is 2.06. The molecule has 1 heterocycles. The summed E-state index contributed by atoms with van der Waals surface area (Å²) in [7, 11) is 1.66. The Bertz CT molecular complexity index is 485. The molecular formula is C14H19N3O2. The fraction of sp³-hybridized carbons (Fsp3) is 0.357. The van der Waals surface area contributed by atoms with Crippen molar-refractivity contribution in [2.75, 3.05) is 25.6 Å². The monoisotopic (exact) mass is 261 g/mol. The third kappa shape index (κ3) is 3.99. The van der Waals surface area contributed by atoms with Gasteiger partial charge in [0, 0.05) is 25.1 Å². The number of ether oxygens (including phenoxy) is 2. The fourth-order valence-electron chi connectivity index (χ4n) is 1.75. The van der Waals surface area contributed by atoms with Gasteiger partial charge in [0.1, 0.15) is 12.4 Å². The Morgan fingerprint density at radius 1 is 1.32 bits per heavy atom. The molecule has 0 radical (unpaired) electrons. The molecule has 0 amide bonds. The Kier molecular flexibility index (Phi) is 4.80. The van der Waals surface area contributed by atoms with Crippen molar-refractivity contribution in [2.24, 2.45) is 0 Å². The van der Waals surface area contributed by atoms with Crippen LogP contribution in [0, 0.1) is 0 Å². The van der Waals surface area contributed by atoms with E-state index in [1.54, 1.807) is 13.3 Å². The molecule has 1 unspecified atom stereocenters. The van der Waals surface area contributed by atoms with Gasteiger partial charge in [-0.05, 0) is 25.1 Å². The van der Waals surface area contributed by atoms with Crippen LogP contribution in [0.3, 0.4) is 0 Å². The molecule has 102 valence electrons. The van der Waals surface area contributed by atoms with Gasteiger partial charge < -0.3 is 14.8 Å². The van der Waals surface area contributed by atoms with Gasteiger partial charge in [-0.2, -0.15) is 5.10 Å². The maximum Gasteiger partial charge on any atom is 0.121 e. The fourth-order valence-corrected chi connectivity index (χ4v) is 1.75. The minimum atomic E-state index is 0.164. The van der Waals surface area contributed by atoms with Crippen LogP contribution in [0.25, 0.3) is 0 Å². The standard InChI is InChI=1S/C14H19N3O2/c1-11(14-6-7-15-17-14)16-12-4-3-5-13(10-12)19-9-8-18-2/h3-7,10-11,16H,8-9H2,1-2H3,(H,15,17). The number of H-pyrrole nitrogens is 1. The topological polar surface area (TPSA) is 59.2 Å². The minimum Gasteiger partial charge on any atom is -0.491 e. The molecule has 0 aliphatic carbocycles. The van der Waals surface area contributed by atoms with Crippen molar-refractivity contribution in [1.29, 1.82) is 0 Å². The van der Waals surface area contributed by atoms with E-state index in [-0.39, 0.29) is 6.04 Å². The van der Waals surface area contributed by atoms with Crippen LogP contribution >= 0.6 is 0 Å². The van der Waals surface area contributed by atoms with E-state index in [1.807, 2.05) is 30.3 Å². The molecule has 5 heteroatoms. The first-order valence-corrected chi connectivity index (χ1v) is 6.27. The molecule has 2 aromatic rings. The number of benzene rings is 1. The van der Waals surface area contributed by atoms with Gasteiger partial charge in [0.15, 0.2) is 0 Å². The van der Waals surface area contributed by atoms with Gasteiger partial charge in [-0.1, -0.05) is 6.07 Å². The largest absolute Gasteiger partial charge is 0.491 e. The van der Waals surface area contributed by atoms with Gasteiger partial charge in [-0.3, -0.25) is 5.10 Å². The maximum atomic E-state index is 5.57. The minimum absolute atomic E-state index is 0.164. The van der Waals surface area contributed by atoms with E-state index in [9.17, 15) is 0 Å². The third-order valence-electron chi connectivity index (χ3n) is 2.76. The third-order valence-corrected chi connectivity index (χ3v) is 2.76. The number of aromatic amines is 1. The van der Waals surface area contributed by atoms with Gasteiger partial charge >= 0.3 is 0 Å². The summed E-state index contributed by atoms with van der Waals surface area (Å²) in [5.74, 6) is 0.832. The summed E-state index contributed by atoms with van der Waals surface area (Å²) < 4.78 is 10.5. The quantitative estimate of drug-likeness (QED) is 0.752. The van der Waals surface area contributed by atoms with Crippen LogP contribution in [0.1, 0.15) is 18.7 Å². The molecule has 0 saturated carbocycles. The molecule has 19 heavy (non-hydrogen) atoms. The molecule has 5 nitrogen and oxygen atoms in total. The van der Waals surface area contributed by atoms with E-state index in [4.69, 9.17) is 9.47 Å². The molecule has 2 N–H and O–H groups in total. The number of rotatable bonds is 7. The number of hydrogen-bond donors (Lipinski definition) is 2. The predicted molar refractivity (Wildman–Crippen MR) is 74.4 cm³/mol. The molecule has 0 bridgehead atoms. The second kappa shape index (κ2) is 6.80. The lowest BCUT2D eigenvalue weighted by atomic mass is 10.2. The SMILES string of the molecule is COCCOc1cccc(NC(C)c2ccn[nH]2)c1. The van der Waals surface area contributed by atoms with Gasteiger partial charge in [0.05, 0.1) is 18.3 Å². The number of anilines is 1. The Morgan fingerprint density at radius 2 is 2.21 bits per heavy atom. The summed E-state index contributed by atoms with van der Waals surface area (Å²) in [6.45, 7) is 3.21. The molecule has 1 aromatic carbocycles. The van der Waals surface area contributed by atoms with E-state index in [0.717, 1.165) is 17.1 Å². The zero-order chi connectivity index (χ0) is 13.5. The van der Waals surface area contributed by atoms with Crippen LogP contribution in [0.5, 0.6) is 5.75 Å². The lowest BCUT2D eigenvalue weighted by Crippen LogP contribution is -2.08. The van der Waals surface area contributed by atoms with Gasteiger partial charge in [-0.15, -0.1) is 0 Å². The Balaban J connectivity index is 1.95. The van der Waals surface area contributed by atoms with Crippen LogP contribution in [0.2, 0.25) is 0 Å². The molecule has 0 fully saturated rings. The molecule has 0 aliphatic rings. The summed E-state index contributed by atoms with van der Waals surface area (Å²) in [4.78, 5) is 0. The Hall–Kier alpha value is -2.01. The number of methoxy groups -OCH3 is 1. The average Bonchev–Trinajstić information content (AvgIpc) is 2.93. The highest BCUT2D eigenvalue weighted by molar-refractivity contribution is 5.49. The molecule has 0 aliphatic heterocycles. The molecule has 2 rings (SSSR count). The zero-order valence-electron chi connectivity index (χ0n) is 11.2. The Morgan fingerprint density at radius 3 is 2.95 bits per heavy atom. The lowest BCUT2D eigenvalue weighted by Gasteiger charge is -2.14. The first-order valence-electron chi connectivity index (χ1n) is 6.27. The van der Waals surface area contributed by atoms with Gasteiger partial charge in [0.2, 0.25) is 0 Å². The van der Waals surface area contributed by atoms with Crippen molar-refractivity contribution in [2.45, 2.75) is 13.0 Å². The first kappa shape index (κ1) is 13.4. The van der Waals surface area contributed by atoms with Crippen LogP contribution in [0.4, 0.5) is 5.69 Å². The van der Waals surface area contributed by atoms with Gasteiger partial charge in [0.25, 0.3) is 0 Å². The smallest absolute Gasteiger partial charge is 0.121 e. The van der Waals surface area contributed by atoms with Crippen molar-refractivity contribution in [3.8, 4) is 5.75 Å². The summed E-state index contributed by atoms with van der Waals surface area (Å²) >= 11 is 0. The Labute approximate surface area is 112 Å². The molecule has 0 spiro atoms. The van der Waals surface area contributed by atoms with Crippen molar-refractivity contribution >= 4 is 5.69 Å². The molecule has 1 atom stereocenters. The van der Waals surface area contributed by atoms with E-state index in [1.165, 1.54) is 0 Å². The highest BCUT2D eigenvalue weighted by atomic mass is 16.5. The van der Waals surface area contributed by atoms with Crippen LogP contribution in [0.15, 0.2) is 36.5 Å². The second-order valence-electron chi connectivity index (χ2n) is 4.25. The van der Waals surface area contributed by atoms with E-state index in [0.29, 0.717) is 13.2 Å². The zero-order valence-corrected chi connectivity index (χ0v) is 11.2. The molecule has 1 aromatic heterocycles. The van der Waals surface area contributed by atoms with Crippen LogP contribution in [-0.4, -0.2) is 30.5 Å². The van der Waals surface area contributed by atoms with E-state index in [2.05, 4.69) is 22.4 Å². The normalized spacial score (nSPS) is 12.1. The van der Waals surface area contributed by atoms with E-state index < -0.39 is 0 Å². The number of aromatic nitrogens is 2. The lowest BCUT2D eigenvalue weighted by molar-refractivity contribution is 0.146. The molecular weight excluding hydrogens is 242 g/mol. The predicted octanol–water partition coefficient (Wildman–Crippen LogP) is 2.61. The van der Waals surface area contributed by atoms with Crippen molar-refractivity contribution in [3.05, 3.63) is 42.2 Å². The number of hydrogen-bond acceptors (Lipinski definition) is 4. The van der Waals surface area contributed by atoms with Gasteiger partial charge in [-0.25, -0.2) is 0 Å². The molecule has 0 saturated heterocycles. The maximum absolute atomic E-state index is 5.57. The second-order valence-corrected chi connectivity index (χ2v) is 4.25. The number of nitrogens with one attached hydrogen (secondary N) is 2. The van der Waals surface area contributed by atoms with Crippen LogP contribution in [-0.2, 0) is 4.74 Å². The number of nitrogens with zero attached hydrogens (tertiary/aromatic N) is 1.